The average molecular weight is 239 g/mol. The normalized spacial score (nSPS) is 18.5. The molecule has 0 saturated heterocycles. The zero-order valence-corrected chi connectivity index (χ0v) is 9.60. The van der Waals surface area contributed by atoms with Crippen LogP contribution in [0.25, 0.3) is 0 Å². The molecule has 0 radical (unpaired) electrons. The summed E-state index contributed by atoms with van der Waals surface area (Å²) in [5.41, 5.74) is 0. The lowest BCUT2D eigenvalue weighted by atomic mass is 11.3. The van der Waals surface area contributed by atoms with Gasteiger partial charge < -0.3 is 0 Å². The monoisotopic (exact) mass is 238 g/mol. The summed E-state index contributed by atoms with van der Waals surface area (Å²) < 4.78 is 11.3. The molecule has 3 nitrogen and oxygen atoms in total. The summed E-state index contributed by atoms with van der Waals surface area (Å²) in [6.07, 6.45) is 0. The van der Waals surface area contributed by atoms with Crippen LogP contribution in [-0.2, 0) is 4.57 Å². The van der Waals surface area contributed by atoms with Crippen molar-refractivity contribution in [3.8, 4) is 0 Å². The molecule has 11 heavy (non-hydrogen) atoms. The highest BCUT2D eigenvalue weighted by Gasteiger charge is 2.45. The van der Waals surface area contributed by atoms with Gasteiger partial charge in [-0.1, -0.05) is 34.8 Å². The van der Waals surface area contributed by atoms with Gasteiger partial charge in [0.05, 0.1) is 0 Å². The summed E-state index contributed by atoms with van der Waals surface area (Å²) in [7, 11) is 1.58. The third-order valence-corrected chi connectivity index (χ3v) is 5.69. The Labute approximate surface area is 81.5 Å². The third kappa shape index (κ3) is 2.48. The lowest BCUT2D eigenvalue weighted by Crippen LogP contribution is -2.27. The maximum absolute atomic E-state index is 11.7. The van der Waals surface area contributed by atoms with Crippen LogP contribution in [0.3, 0.4) is 0 Å². The molecule has 0 amide bonds. The van der Waals surface area contributed by atoms with E-state index in [1.54, 1.807) is 14.1 Å². The lowest BCUT2D eigenvalue weighted by molar-refractivity contribution is 0.505. The Kier molecular flexibility index (Phi) is 4.17. The Bertz CT molecular complexity index is 179. The zero-order chi connectivity index (χ0) is 9.28. The molecule has 7 heteroatoms. The smallest absolute Gasteiger partial charge is 0.269 e. The van der Waals surface area contributed by atoms with Crippen LogP contribution in [0.4, 0.5) is 0 Å². The molecule has 0 saturated carbocycles. The van der Waals surface area contributed by atoms with Crippen LogP contribution in [0.15, 0.2) is 0 Å². The summed E-state index contributed by atoms with van der Waals surface area (Å²) >= 11 is 16.5. The number of nitrogens with one attached hydrogen (secondary N) is 1. The minimum absolute atomic E-state index is 1.38. The van der Waals surface area contributed by atoms with Crippen molar-refractivity contribution >= 4 is 42.2 Å². The largest absolute Gasteiger partial charge is 0.284 e. The Morgan fingerprint density at radius 3 is 1.73 bits per heavy atom. The molecule has 0 bridgehead atoms. The number of nitrogens with zero attached hydrogens (tertiary/aromatic N) is 1. The first kappa shape index (κ1) is 12.0. The van der Waals surface area contributed by atoms with E-state index in [-0.39, 0.29) is 0 Å². The summed E-state index contributed by atoms with van der Waals surface area (Å²) in [6.45, 7) is 0. The van der Waals surface area contributed by atoms with Crippen LogP contribution in [0.1, 0.15) is 0 Å². The van der Waals surface area contributed by atoms with Gasteiger partial charge in [0, 0.05) is 0 Å². The van der Waals surface area contributed by atoms with Gasteiger partial charge in [0.15, 0.2) is 0 Å². The van der Waals surface area contributed by atoms with Crippen molar-refractivity contribution in [2.24, 2.45) is 0 Å². The van der Waals surface area contributed by atoms with Gasteiger partial charge in [-0.25, -0.2) is 4.67 Å². The van der Waals surface area contributed by atoms with E-state index in [0.29, 0.717) is 0 Å². The van der Waals surface area contributed by atoms with Crippen LogP contribution in [0, 0.1) is 0 Å². The van der Waals surface area contributed by atoms with Gasteiger partial charge in [-0.2, -0.15) is 0 Å². The van der Waals surface area contributed by atoms with Crippen LogP contribution < -0.4 is 5.09 Å². The number of hydrogen-bond acceptors (Lipinski definition) is 1. The molecule has 0 aliphatic rings. The highest BCUT2D eigenvalue weighted by molar-refractivity contribution is 7.67. The van der Waals surface area contributed by atoms with Crippen molar-refractivity contribution in [1.29, 1.82) is 0 Å². The van der Waals surface area contributed by atoms with Gasteiger partial charge in [0.2, 0.25) is 0 Å². The quantitative estimate of drug-likeness (QED) is 0.593. The summed E-state index contributed by atoms with van der Waals surface area (Å²) in [5, 5.41) is 2.50. The fourth-order valence-corrected chi connectivity index (χ4v) is 3.78. The molecule has 0 aliphatic carbocycles. The predicted octanol–water partition coefficient (Wildman–Crippen LogP) is 2.29. The van der Waals surface area contributed by atoms with Gasteiger partial charge in [-0.15, -0.1) is 0 Å². The molecule has 1 N–H and O–H groups in total. The van der Waals surface area contributed by atoms with Crippen molar-refractivity contribution in [2.75, 3.05) is 21.1 Å². The SMILES string of the molecule is CNP(=O)(N(C)C)C(Cl)(Cl)Cl. The molecular weight excluding hydrogens is 229 g/mol. The molecule has 0 fully saturated rings. The first-order valence-corrected chi connectivity index (χ1v) is 5.58. The van der Waals surface area contributed by atoms with Gasteiger partial charge >= 0.3 is 0 Å². The summed E-state index contributed by atoms with van der Waals surface area (Å²) in [6, 6.07) is 0. The molecule has 68 valence electrons. The topological polar surface area (TPSA) is 32.3 Å². The second-order valence-electron chi connectivity index (χ2n) is 2.11. The molecule has 0 rings (SSSR count). The molecule has 1 atom stereocenters. The van der Waals surface area contributed by atoms with Crippen molar-refractivity contribution < 1.29 is 4.57 Å². The maximum atomic E-state index is 11.7. The summed E-state index contributed by atoms with van der Waals surface area (Å²) in [5.74, 6) is 0. The van der Waals surface area contributed by atoms with Gasteiger partial charge in [0.1, 0.15) is 0 Å². The van der Waals surface area contributed by atoms with Gasteiger partial charge in [-0.3, -0.25) is 9.65 Å². The predicted molar refractivity (Wildman–Crippen MR) is 50.6 cm³/mol. The fraction of sp³-hybridized carbons (Fsp3) is 1.00. The van der Waals surface area contributed by atoms with E-state index < -0.39 is 11.0 Å². The van der Waals surface area contributed by atoms with Crippen LogP contribution in [-0.4, -0.2) is 29.3 Å². The van der Waals surface area contributed by atoms with Gasteiger partial charge in [-0.05, 0) is 21.1 Å². The van der Waals surface area contributed by atoms with Gasteiger partial charge in [0.25, 0.3) is 11.0 Å². The molecule has 0 aromatic rings. The fourth-order valence-electron chi connectivity index (χ4n) is 0.554. The Hall–Kier alpha value is 1.02. The van der Waals surface area contributed by atoms with Crippen LogP contribution >= 0.6 is 42.2 Å². The number of halogens is 3. The highest BCUT2D eigenvalue weighted by Crippen LogP contribution is 2.62. The molecular formula is C4H10Cl3N2OP. The molecule has 0 aliphatic heterocycles. The molecule has 0 aromatic carbocycles. The van der Waals surface area contributed by atoms with Crippen molar-refractivity contribution in [2.45, 2.75) is 3.53 Å². The third-order valence-electron chi connectivity index (χ3n) is 1.21. The van der Waals surface area contributed by atoms with E-state index >= 15 is 0 Å². The number of hydrogen-bond donors (Lipinski definition) is 1. The average Bonchev–Trinajstić information content (AvgIpc) is 1.83. The first-order valence-electron chi connectivity index (χ1n) is 2.79. The minimum atomic E-state index is -3.08. The van der Waals surface area contributed by atoms with E-state index in [0.717, 1.165) is 0 Å². The number of alkyl halides is 3. The van der Waals surface area contributed by atoms with E-state index in [2.05, 4.69) is 5.09 Å². The van der Waals surface area contributed by atoms with Crippen molar-refractivity contribution in [1.82, 2.24) is 9.76 Å². The maximum Gasteiger partial charge on any atom is 0.269 e. The second-order valence-corrected chi connectivity index (χ2v) is 8.26. The number of rotatable bonds is 2. The molecule has 0 heterocycles. The lowest BCUT2D eigenvalue weighted by Gasteiger charge is -2.29. The van der Waals surface area contributed by atoms with E-state index in [9.17, 15) is 4.57 Å². The van der Waals surface area contributed by atoms with Crippen molar-refractivity contribution in [3.63, 3.8) is 0 Å². The summed E-state index contributed by atoms with van der Waals surface area (Å²) in [4.78, 5) is 0. The second kappa shape index (κ2) is 3.82. The molecule has 0 spiro atoms. The Balaban J connectivity index is 4.77. The van der Waals surface area contributed by atoms with Crippen LogP contribution in [0.2, 0.25) is 0 Å². The zero-order valence-electron chi connectivity index (χ0n) is 6.44. The minimum Gasteiger partial charge on any atom is -0.284 e. The Morgan fingerprint density at radius 2 is 1.73 bits per heavy atom. The van der Waals surface area contributed by atoms with Crippen molar-refractivity contribution in [3.05, 3.63) is 0 Å². The van der Waals surface area contributed by atoms with E-state index in [1.807, 2.05) is 0 Å². The highest BCUT2D eigenvalue weighted by atomic mass is 35.6. The van der Waals surface area contributed by atoms with E-state index in [1.165, 1.54) is 11.7 Å². The molecule has 1 unspecified atom stereocenters. The Morgan fingerprint density at radius 1 is 1.36 bits per heavy atom. The van der Waals surface area contributed by atoms with E-state index in [4.69, 9.17) is 34.8 Å². The first-order chi connectivity index (χ1) is 4.75. The van der Waals surface area contributed by atoms with Crippen LogP contribution in [0.5, 0.6) is 0 Å². The standard InChI is InChI=1S/C4H10Cl3N2OP/c1-8-11(10,9(2)3)4(5,6)7/h1-3H3,(H,8,10). The molecule has 0 aromatic heterocycles.